The first kappa shape index (κ1) is 13.4. The molecule has 2 saturated carbocycles. The molecule has 2 fully saturated rings. The summed E-state index contributed by atoms with van der Waals surface area (Å²) in [6, 6.07) is 5.26. The average Bonchev–Trinajstić information content (AvgIpc) is 2.97. The summed E-state index contributed by atoms with van der Waals surface area (Å²) in [6.45, 7) is 2.97. The van der Waals surface area contributed by atoms with Gasteiger partial charge in [-0.3, -0.25) is 0 Å². The third-order valence-electron chi connectivity index (χ3n) is 4.99. The van der Waals surface area contributed by atoms with Crippen molar-refractivity contribution in [1.29, 1.82) is 0 Å². The Labute approximate surface area is 119 Å². The summed E-state index contributed by atoms with van der Waals surface area (Å²) in [7, 11) is 0. The monoisotopic (exact) mass is 281 g/mol. The van der Waals surface area contributed by atoms with E-state index in [1.165, 1.54) is 31.7 Å². The van der Waals surface area contributed by atoms with Crippen molar-refractivity contribution in [2.45, 2.75) is 45.2 Å². The van der Waals surface area contributed by atoms with Crippen molar-refractivity contribution in [3.05, 3.63) is 34.6 Å². The SMILES string of the molecule is CC(NCc1cc(F)cc(Cl)c1)C1CC2CCC1C2. The van der Waals surface area contributed by atoms with E-state index in [0.29, 0.717) is 17.6 Å². The van der Waals surface area contributed by atoms with Crippen LogP contribution in [0.4, 0.5) is 4.39 Å². The molecular formula is C16H21ClFN. The number of hydrogen-bond acceptors (Lipinski definition) is 1. The van der Waals surface area contributed by atoms with Crippen LogP contribution in [0.1, 0.15) is 38.2 Å². The zero-order valence-electron chi connectivity index (χ0n) is 11.3. The van der Waals surface area contributed by atoms with Gasteiger partial charge < -0.3 is 5.32 Å². The molecule has 0 aliphatic heterocycles. The summed E-state index contributed by atoms with van der Waals surface area (Å²) in [5.41, 5.74) is 0.931. The van der Waals surface area contributed by atoms with Crippen molar-refractivity contribution >= 4 is 11.6 Å². The Kier molecular flexibility index (Phi) is 3.81. The second-order valence-corrected chi connectivity index (χ2v) is 6.72. The maximum Gasteiger partial charge on any atom is 0.125 e. The topological polar surface area (TPSA) is 12.0 Å². The van der Waals surface area contributed by atoms with Crippen LogP contribution in [0.15, 0.2) is 18.2 Å². The van der Waals surface area contributed by atoms with Crippen molar-refractivity contribution in [3.8, 4) is 0 Å². The smallest absolute Gasteiger partial charge is 0.125 e. The Hall–Kier alpha value is -0.600. The molecule has 3 heteroatoms. The molecule has 1 aromatic rings. The maximum atomic E-state index is 13.3. The number of fused-ring (bicyclic) bond motifs is 2. The number of benzene rings is 1. The molecule has 1 nitrogen and oxygen atoms in total. The molecule has 0 aromatic heterocycles. The first-order valence-corrected chi connectivity index (χ1v) is 7.68. The summed E-state index contributed by atoms with van der Waals surface area (Å²) in [5.74, 6) is 2.45. The van der Waals surface area contributed by atoms with Gasteiger partial charge in [-0.15, -0.1) is 0 Å². The molecule has 0 heterocycles. The van der Waals surface area contributed by atoms with Crippen molar-refractivity contribution < 1.29 is 4.39 Å². The lowest BCUT2D eigenvalue weighted by molar-refractivity contribution is 0.259. The first-order valence-electron chi connectivity index (χ1n) is 7.30. The highest BCUT2D eigenvalue weighted by Gasteiger charge is 2.41. The highest BCUT2D eigenvalue weighted by atomic mass is 35.5. The number of hydrogen-bond donors (Lipinski definition) is 1. The molecule has 104 valence electrons. The van der Waals surface area contributed by atoms with Gasteiger partial charge in [0.25, 0.3) is 0 Å². The second kappa shape index (κ2) is 5.41. The van der Waals surface area contributed by atoms with E-state index in [2.05, 4.69) is 12.2 Å². The van der Waals surface area contributed by atoms with Crippen LogP contribution in [0.2, 0.25) is 5.02 Å². The third kappa shape index (κ3) is 2.95. The van der Waals surface area contributed by atoms with E-state index in [9.17, 15) is 4.39 Å². The van der Waals surface area contributed by atoms with E-state index in [0.717, 1.165) is 23.3 Å². The van der Waals surface area contributed by atoms with Crippen LogP contribution >= 0.6 is 11.6 Å². The second-order valence-electron chi connectivity index (χ2n) is 6.29. The van der Waals surface area contributed by atoms with Crippen LogP contribution in [-0.2, 0) is 6.54 Å². The summed E-state index contributed by atoms with van der Waals surface area (Å²) in [5, 5.41) is 4.03. The van der Waals surface area contributed by atoms with Crippen LogP contribution in [-0.4, -0.2) is 6.04 Å². The van der Waals surface area contributed by atoms with Crippen LogP contribution < -0.4 is 5.32 Å². The quantitative estimate of drug-likeness (QED) is 0.863. The standard InChI is InChI=1S/C16H21ClFN/c1-10(16-7-11-2-3-13(16)4-11)19-9-12-5-14(17)8-15(18)6-12/h5-6,8,10-11,13,16,19H,2-4,7,9H2,1H3. The summed E-state index contributed by atoms with van der Waals surface area (Å²) in [6.07, 6.45) is 5.66. The van der Waals surface area contributed by atoms with Gasteiger partial charge in [0.05, 0.1) is 0 Å². The van der Waals surface area contributed by atoms with Crippen LogP contribution in [0.5, 0.6) is 0 Å². The van der Waals surface area contributed by atoms with E-state index in [4.69, 9.17) is 11.6 Å². The zero-order chi connectivity index (χ0) is 13.4. The van der Waals surface area contributed by atoms with Gasteiger partial charge in [-0.05, 0) is 67.7 Å². The van der Waals surface area contributed by atoms with E-state index in [1.807, 2.05) is 6.07 Å². The minimum atomic E-state index is -0.253. The van der Waals surface area contributed by atoms with Crippen molar-refractivity contribution in [2.24, 2.45) is 17.8 Å². The number of nitrogens with one attached hydrogen (secondary N) is 1. The molecule has 2 bridgehead atoms. The molecule has 4 atom stereocenters. The van der Waals surface area contributed by atoms with E-state index >= 15 is 0 Å². The molecule has 0 saturated heterocycles. The minimum Gasteiger partial charge on any atom is -0.310 e. The lowest BCUT2D eigenvalue weighted by Gasteiger charge is -2.28. The Morgan fingerprint density at radius 3 is 2.79 bits per heavy atom. The van der Waals surface area contributed by atoms with Crippen molar-refractivity contribution in [2.75, 3.05) is 0 Å². The molecule has 2 aliphatic rings. The Bertz CT molecular complexity index is 442. The van der Waals surface area contributed by atoms with E-state index < -0.39 is 0 Å². The molecule has 1 aromatic carbocycles. The molecular weight excluding hydrogens is 261 g/mol. The van der Waals surface area contributed by atoms with Gasteiger partial charge in [0.15, 0.2) is 0 Å². The van der Waals surface area contributed by atoms with Crippen molar-refractivity contribution in [3.63, 3.8) is 0 Å². The summed E-state index contributed by atoms with van der Waals surface area (Å²) in [4.78, 5) is 0. The van der Waals surface area contributed by atoms with Crippen LogP contribution in [0.3, 0.4) is 0 Å². The summed E-state index contributed by atoms with van der Waals surface area (Å²) >= 11 is 5.88. The fourth-order valence-corrected chi connectivity index (χ4v) is 4.29. The zero-order valence-corrected chi connectivity index (χ0v) is 12.1. The van der Waals surface area contributed by atoms with Gasteiger partial charge in [0.1, 0.15) is 5.82 Å². The van der Waals surface area contributed by atoms with Gasteiger partial charge >= 0.3 is 0 Å². The van der Waals surface area contributed by atoms with Gasteiger partial charge in [0, 0.05) is 17.6 Å². The molecule has 0 radical (unpaired) electrons. The molecule has 3 rings (SSSR count). The molecule has 0 amide bonds. The van der Waals surface area contributed by atoms with E-state index in [1.54, 1.807) is 6.07 Å². The number of rotatable bonds is 4. The molecule has 0 spiro atoms. The largest absolute Gasteiger partial charge is 0.310 e. The Balaban J connectivity index is 1.57. The Morgan fingerprint density at radius 2 is 2.16 bits per heavy atom. The highest BCUT2D eigenvalue weighted by molar-refractivity contribution is 6.30. The third-order valence-corrected chi connectivity index (χ3v) is 5.20. The van der Waals surface area contributed by atoms with Gasteiger partial charge in [-0.1, -0.05) is 18.0 Å². The minimum absolute atomic E-state index is 0.253. The number of halogens is 2. The van der Waals surface area contributed by atoms with Gasteiger partial charge in [0.2, 0.25) is 0 Å². The van der Waals surface area contributed by atoms with Crippen LogP contribution in [0.25, 0.3) is 0 Å². The maximum absolute atomic E-state index is 13.3. The molecule has 1 N–H and O–H groups in total. The van der Waals surface area contributed by atoms with E-state index in [-0.39, 0.29) is 5.82 Å². The van der Waals surface area contributed by atoms with Gasteiger partial charge in [-0.25, -0.2) is 4.39 Å². The molecule has 4 unspecified atom stereocenters. The Morgan fingerprint density at radius 1 is 1.32 bits per heavy atom. The lowest BCUT2D eigenvalue weighted by Crippen LogP contribution is -2.35. The predicted molar refractivity (Wildman–Crippen MR) is 76.6 cm³/mol. The molecule has 2 aliphatic carbocycles. The van der Waals surface area contributed by atoms with Crippen LogP contribution in [0, 0.1) is 23.6 Å². The summed E-state index contributed by atoms with van der Waals surface area (Å²) < 4.78 is 13.3. The van der Waals surface area contributed by atoms with Crippen molar-refractivity contribution in [1.82, 2.24) is 5.32 Å². The predicted octanol–water partition coefficient (Wildman–Crippen LogP) is 4.39. The highest BCUT2D eigenvalue weighted by Crippen LogP contribution is 2.49. The average molecular weight is 282 g/mol. The first-order chi connectivity index (χ1) is 9.11. The molecule has 19 heavy (non-hydrogen) atoms. The fourth-order valence-electron chi connectivity index (χ4n) is 4.05. The fraction of sp³-hybridized carbons (Fsp3) is 0.625. The lowest BCUT2D eigenvalue weighted by atomic mass is 9.84. The van der Waals surface area contributed by atoms with Gasteiger partial charge in [-0.2, -0.15) is 0 Å². The normalized spacial score (nSPS) is 30.8.